The first kappa shape index (κ1) is 48.6. The highest BCUT2D eigenvalue weighted by Gasteiger charge is 2.52. The maximum absolute atomic E-state index is 15.4. The van der Waals surface area contributed by atoms with Gasteiger partial charge in [0.15, 0.2) is 69.8 Å². The van der Waals surface area contributed by atoms with Crippen LogP contribution in [0.4, 0.5) is 87.8 Å². The zero-order valence-corrected chi connectivity index (χ0v) is 33.7. The molecule has 0 radical (unpaired) electrons. The number of pyridine rings is 1. The van der Waals surface area contributed by atoms with Gasteiger partial charge < -0.3 is 0 Å². The highest BCUT2D eigenvalue weighted by molar-refractivity contribution is 7.20. The van der Waals surface area contributed by atoms with Crippen molar-refractivity contribution in [3.05, 3.63) is 214 Å². The van der Waals surface area contributed by atoms with Crippen molar-refractivity contribution in [2.24, 2.45) is 0 Å². The topological polar surface area (TPSA) is 13.1 Å². The predicted octanol–water partition coefficient (Wildman–Crippen LogP) is 11.1. The Bertz CT molecular complexity index is 3260. The van der Waals surface area contributed by atoms with Gasteiger partial charge >= 0.3 is 0 Å². The lowest BCUT2D eigenvalue weighted by molar-refractivity contribution is -0.874. The first-order chi connectivity index (χ1) is 33.1. The minimum absolute atomic E-state index is 0.884. The van der Waals surface area contributed by atoms with Gasteiger partial charge in [-0.15, -0.1) is 21.9 Å². The molecule has 0 N–H and O–H groups in total. The Morgan fingerprint density at radius 2 is 0.557 bits per heavy atom. The number of halogens is 20. The average Bonchev–Trinajstić information content (AvgIpc) is 3.36. The van der Waals surface area contributed by atoms with Crippen molar-refractivity contribution in [2.45, 2.75) is 0 Å². The van der Waals surface area contributed by atoms with Crippen LogP contribution < -0.4 is 31.4 Å². The number of benzene rings is 8. The molecule has 9 rings (SSSR count). The molecule has 0 fully saturated rings. The number of hydrogen-bond donors (Lipinski definition) is 0. The van der Waals surface area contributed by atoms with Gasteiger partial charge in [-0.2, -0.15) is 0 Å². The summed E-state index contributed by atoms with van der Waals surface area (Å²) in [5.74, 6) is -70.5. The Balaban J connectivity index is 0.000000219. The van der Waals surface area contributed by atoms with Crippen LogP contribution in [0.3, 0.4) is 0 Å². The summed E-state index contributed by atoms with van der Waals surface area (Å²) in [6, 6.07) is 29.4. The van der Waals surface area contributed by atoms with E-state index in [9.17, 15) is 52.7 Å². The second-order valence-electron chi connectivity index (χ2n) is 15.0. The Morgan fingerprint density at radius 3 is 0.914 bits per heavy atom. The van der Waals surface area contributed by atoms with E-state index in [0.717, 1.165) is 16.5 Å². The number of nitrogens with zero attached hydrogens (tertiary/aromatic N) is 1. The van der Waals surface area contributed by atoms with Crippen molar-refractivity contribution in [3.8, 4) is 5.75 Å². The average molecular weight is 1000 g/mol. The molecule has 0 saturated heterocycles. The smallest absolute Gasteiger partial charge is 0.223 e. The molecule has 2 nitrogen and oxygen atoms in total. The minimum atomic E-state index is -7.22. The van der Waals surface area contributed by atoms with Crippen molar-refractivity contribution >= 4 is 60.3 Å². The molecule has 1 heterocycles. The summed E-state index contributed by atoms with van der Waals surface area (Å²) in [5, 5.41) is 7.05. The molecule has 0 amide bonds. The lowest BCUT2D eigenvalue weighted by Gasteiger charge is -2.44. The van der Waals surface area contributed by atoms with E-state index < -0.39 is 144 Å². The normalized spacial score (nSPS) is 11.7. The highest BCUT2D eigenvalue weighted by atomic mass is 19.2. The van der Waals surface area contributed by atoms with E-state index in [-0.39, 0.29) is 0 Å². The zero-order valence-electron chi connectivity index (χ0n) is 33.7. The summed E-state index contributed by atoms with van der Waals surface area (Å²) >= 11 is 0. The fourth-order valence-corrected chi connectivity index (χ4v) is 8.24. The van der Waals surface area contributed by atoms with E-state index >= 15 is 35.1 Å². The standard InChI is InChI=1S/C24BF20.C23H16NO/c26-5-1(6(27)14(35)21(42)13(5)34)25(2-7(28)15(36)22(43)16(37)8(2)29,3-9(30)17(38)23(44)18(39)10(3)31)4-11(32)19(40)24(45)20(41)12(4)33;1-6-12-24(13-7-1)25-23-21-11-5-4-10-19(21)15-20-14-17-8-2-3-9-18(17)16-22(20)23/h;1-16H/q-1;+1. The molecule has 0 spiro atoms. The summed E-state index contributed by atoms with van der Waals surface area (Å²) in [7, 11) is 0. The molecule has 0 atom stereocenters. The van der Waals surface area contributed by atoms with Crippen LogP contribution in [0.1, 0.15) is 0 Å². The van der Waals surface area contributed by atoms with E-state index in [1.54, 1.807) is 4.73 Å². The highest BCUT2D eigenvalue weighted by Crippen LogP contribution is 2.37. The quantitative estimate of drug-likeness (QED) is 0.0404. The van der Waals surface area contributed by atoms with Crippen LogP contribution in [0, 0.1) is 116 Å². The van der Waals surface area contributed by atoms with E-state index in [0.29, 0.717) is 0 Å². The first-order valence-electron chi connectivity index (χ1n) is 19.3. The van der Waals surface area contributed by atoms with Gasteiger partial charge in [0.05, 0.1) is 0 Å². The third-order valence-electron chi connectivity index (χ3n) is 11.3. The number of aromatic nitrogens is 1. The van der Waals surface area contributed by atoms with E-state index in [4.69, 9.17) is 4.84 Å². The second kappa shape index (κ2) is 17.9. The molecule has 0 aliphatic rings. The number of hydrogen-bond acceptors (Lipinski definition) is 1. The summed E-state index contributed by atoms with van der Waals surface area (Å²) in [6.07, 6.45) is -3.39. The lowest BCUT2D eigenvalue weighted by Crippen LogP contribution is -2.81. The molecule has 1 aromatic heterocycles. The summed E-state index contributed by atoms with van der Waals surface area (Å²) in [4.78, 5) is 6.27. The SMILES string of the molecule is Fc1c(F)c(F)c([B-](c2c(F)c(F)c(F)c(F)c2F)(c2c(F)c(F)c(F)c(F)c2F)c2c(F)c(F)c(F)c(F)c2F)c(F)c1F.c1cc[n+](Oc2c3ccccc3cc3cc4ccccc4cc23)cc1. The van der Waals surface area contributed by atoms with Crippen molar-refractivity contribution in [1.82, 2.24) is 0 Å². The largest absolute Gasteiger partial charge is 0.230 e. The predicted molar refractivity (Wildman–Crippen MR) is 211 cm³/mol. The molecule has 9 aromatic rings. The third kappa shape index (κ3) is 7.27. The molecule has 0 saturated carbocycles. The Labute approximate surface area is 376 Å². The fraction of sp³-hybridized carbons (Fsp3) is 0. The van der Waals surface area contributed by atoms with Gasteiger partial charge in [-0.05, 0) is 39.7 Å². The van der Waals surface area contributed by atoms with Gasteiger partial charge in [-0.1, -0.05) is 54.6 Å². The van der Waals surface area contributed by atoms with Crippen LogP contribution in [0.15, 0.2) is 97.3 Å². The van der Waals surface area contributed by atoms with E-state index in [2.05, 4.69) is 66.7 Å². The van der Waals surface area contributed by atoms with Gasteiger partial charge in [0.25, 0.3) is 0 Å². The van der Waals surface area contributed by atoms with Crippen LogP contribution in [0.25, 0.3) is 32.3 Å². The van der Waals surface area contributed by atoms with Gasteiger partial charge in [0, 0.05) is 27.6 Å². The van der Waals surface area contributed by atoms with Crippen molar-refractivity contribution in [2.75, 3.05) is 0 Å². The van der Waals surface area contributed by atoms with Crippen LogP contribution >= 0.6 is 0 Å². The molecule has 23 heteroatoms. The monoisotopic (exact) mass is 1000 g/mol. The Morgan fingerprint density at radius 1 is 0.271 bits per heavy atom. The summed E-state index contributed by atoms with van der Waals surface area (Å²) in [5.41, 5.74) is -14.3. The lowest BCUT2D eigenvalue weighted by atomic mass is 9.12. The van der Waals surface area contributed by atoms with E-state index in [1.807, 2.05) is 30.6 Å². The van der Waals surface area contributed by atoms with Crippen molar-refractivity contribution < 1.29 is 97.4 Å². The molecule has 0 aliphatic heterocycles. The van der Waals surface area contributed by atoms with Gasteiger partial charge in [0.1, 0.15) is 52.7 Å². The van der Waals surface area contributed by atoms with E-state index in [1.165, 1.54) is 21.5 Å². The molecule has 0 bridgehead atoms. The molecule has 8 aromatic carbocycles. The van der Waals surface area contributed by atoms with Crippen molar-refractivity contribution in [3.63, 3.8) is 0 Å². The van der Waals surface area contributed by atoms with Gasteiger partial charge in [0.2, 0.25) is 18.1 Å². The first-order valence-corrected chi connectivity index (χ1v) is 19.3. The second-order valence-corrected chi connectivity index (χ2v) is 15.0. The molecular formula is C47H16BF20NO. The van der Waals surface area contributed by atoms with Crippen LogP contribution in [-0.2, 0) is 0 Å². The minimum Gasteiger partial charge on any atom is -0.230 e. The molecule has 70 heavy (non-hydrogen) atoms. The number of rotatable bonds is 6. The fourth-order valence-electron chi connectivity index (χ4n) is 8.24. The maximum atomic E-state index is 15.4. The van der Waals surface area contributed by atoms with Gasteiger partial charge in [-0.3, -0.25) is 0 Å². The van der Waals surface area contributed by atoms with Gasteiger partial charge in [-0.25, -0.2) is 92.6 Å². The maximum Gasteiger partial charge on any atom is 0.223 e. The third-order valence-corrected chi connectivity index (χ3v) is 11.3. The summed E-state index contributed by atoms with van der Waals surface area (Å²) in [6.45, 7) is 0. The van der Waals surface area contributed by atoms with Crippen LogP contribution in [0.5, 0.6) is 5.75 Å². The molecule has 358 valence electrons. The number of fused-ring (bicyclic) bond motifs is 3. The summed E-state index contributed by atoms with van der Waals surface area (Å²) < 4.78 is 296. The van der Waals surface area contributed by atoms with Crippen LogP contribution in [-0.4, -0.2) is 6.15 Å². The molecular weight excluding hydrogens is 985 g/mol. The Kier molecular flexibility index (Phi) is 12.4. The molecule has 0 unspecified atom stereocenters. The Hall–Kier alpha value is -7.85. The molecule has 0 aliphatic carbocycles. The van der Waals surface area contributed by atoms with Crippen molar-refractivity contribution in [1.29, 1.82) is 0 Å². The van der Waals surface area contributed by atoms with Crippen LogP contribution in [0.2, 0.25) is 0 Å². The zero-order chi connectivity index (χ0) is 51.0.